The molecule has 0 N–H and O–H groups in total. The number of aryl methyl sites for hydroxylation is 1. The first-order valence-corrected chi connectivity index (χ1v) is 11.2. The molecule has 0 aliphatic carbocycles. The zero-order valence-corrected chi connectivity index (χ0v) is 20.0. The Kier molecular flexibility index (Phi) is 7.62. The molecular formula is C27H33NO4. The molecule has 3 aromatic rings. The van der Waals surface area contributed by atoms with Crippen LogP contribution in [0.25, 0.3) is 27.7 Å². The number of carbonyl (C=O) groups is 1. The van der Waals surface area contributed by atoms with E-state index in [-0.39, 0.29) is 5.91 Å². The van der Waals surface area contributed by atoms with E-state index in [0.29, 0.717) is 0 Å². The fourth-order valence-electron chi connectivity index (χ4n) is 4.17. The van der Waals surface area contributed by atoms with Crippen molar-refractivity contribution >= 4 is 22.4 Å². The van der Waals surface area contributed by atoms with E-state index in [9.17, 15) is 4.79 Å². The molecule has 170 valence electrons. The van der Waals surface area contributed by atoms with Gasteiger partial charge in [0.25, 0.3) is 0 Å². The summed E-state index contributed by atoms with van der Waals surface area (Å²) in [5.74, 6) is 1.53. The highest BCUT2D eigenvalue weighted by molar-refractivity contribution is 6.02. The van der Waals surface area contributed by atoms with Gasteiger partial charge < -0.3 is 18.8 Å². The number of methoxy groups -OCH3 is 2. The van der Waals surface area contributed by atoms with Crippen LogP contribution in [0, 0.1) is 6.92 Å². The van der Waals surface area contributed by atoms with E-state index in [1.807, 2.05) is 43.0 Å². The van der Waals surface area contributed by atoms with Crippen molar-refractivity contribution in [2.75, 3.05) is 27.3 Å². The summed E-state index contributed by atoms with van der Waals surface area (Å²) in [6.07, 6.45) is 5.35. The Balaban J connectivity index is 2.15. The van der Waals surface area contributed by atoms with E-state index in [2.05, 4.69) is 19.9 Å². The number of rotatable bonds is 9. The van der Waals surface area contributed by atoms with Gasteiger partial charge in [0.2, 0.25) is 5.91 Å². The molecule has 32 heavy (non-hydrogen) atoms. The molecule has 0 fully saturated rings. The summed E-state index contributed by atoms with van der Waals surface area (Å²) in [6.45, 7) is 9.63. The maximum atomic E-state index is 13.0. The van der Waals surface area contributed by atoms with Gasteiger partial charge in [-0.05, 0) is 44.4 Å². The molecule has 0 radical (unpaired) electrons. The van der Waals surface area contributed by atoms with Crippen LogP contribution < -0.4 is 9.47 Å². The van der Waals surface area contributed by atoms with Crippen molar-refractivity contribution in [2.24, 2.45) is 0 Å². The van der Waals surface area contributed by atoms with E-state index < -0.39 is 0 Å². The average Bonchev–Trinajstić information content (AvgIpc) is 3.22. The topological polar surface area (TPSA) is 51.9 Å². The van der Waals surface area contributed by atoms with Gasteiger partial charge in [-0.3, -0.25) is 4.79 Å². The molecule has 0 aliphatic heterocycles. The normalized spacial score (nSPS) is 11.6. The highest BCUT2D eigenvalue weighted by atomic mass is 16.5. The SMILES string of the molecule is CCCN(CCC)C(=O)/C=C(\C)c1cc2c(-c3ccccc3OC)coc2c(C)c1OC. The third-order valence-corrected chi connectivity index (χ3v) is 5.71. The van der Waals surface area contributed by atoms with Crippen molar-refractivity contribution in [1.29, 1.82) is 0 Å². The molecule has 1 aromatic heterocycles. The number of para-hydroxylation sites is 1. The van der Waals surface area contributed by atoms with Gasteiger partial charge in [0.1, 0.15) is 17.1 Å². The lowest BCUT2D eigenvalue weighted by Gasteiger charge is -2.20. The van der Waals surface area contributed by atoms with Crippen molar-refractivity contribution in [3.05, 3.63) is 53.8 Å². The van der Waals surface area contributed by atoms with Crippen LogP contribution in [-0.4, -0.2) is 38.1 Å². The van der Waals surface area contributed by atoms with Crippen LogP contribution in [0.4, 0.5) is 0 Å². The second-order valence-electron chi connectivity index (χ2n) is 7.96. The van der Waals surface area contributed by atoms with Crippen LogP contribution >= 0.6 is 0 Å². The van der Waals surface area contributed by atoms with E-state index >= 15 is 0 Å². The zero-order chi connectivity index (χ0) is 23.3. The summed E-state index contributed by atoms with van der Waals surface area (Å²) >= 11 is 0. The van der Waals surface area contributed by atoms with Crippen LogP contribution in [-0.2, 0) is 4.79 Å². The molecule has 1 amide bonds. The number of ether oxygens (including phenoxy) is 2. The van der Waals surface area contributed by atoms with Crippen LogP contribution in [0.3, 0.4) is 0 Å². The Morgan fingerprint density at radius 1 is 1.06 bits per heavy atom. The maximum absolute atomic E-state index is 13.0. The number of furan rings is 1. The van der Waals surface area contributed by atoms with Gasteiger partial charge >= 0.3 is 0 Å². The van der Waals surface area contributed by atoms with Crippen molar-refractivity contribution in [3.8, 4) is 22.6 Å². The number of hydrogen-bond acceptors (Lipinski definition) is 4. The summed E-state index contributed by atoms with van der Waals surface area (Å²) in [5, 5.41) is 0.960. The molecule has 0 aliphatic rings. The molecule has 0 atom stereocenters. The molecular weight excluding hydrogens is 402 g/mol. The van der Waals surface area contributed by atoms with Gasteiger partial charge in [-0.25, -0.2) is 0 Å². The number of benzene rings is 2. The number of nitrogens with zero attached hydrogens (tertiary/aromatic N) is 1. The standard InChI is InChI=1S/C27H33NO4/c1-7-13-28(14-8-2)25(29)15-18(3)21-16-22-23(20-11-9-10-12-24(20)30-5)17-32-27(22)19(4)26(21)31-6/h9-12,15-17H,7-8,13-14H2,1-6H3/b18-15+. The van der Waals surface area contributed by atoms with Crippen LogP contribution in [0.15, 0.2) is 47.1 Å². The summed E-state index contributed by atoms with van der Waals surface area (Å²) < 4.78 is 17.3. The second-order valence-corrected chi connectivity index (χ2v) is 7.96. The third kappa shape index (κ3) is 4.52. The number of hydrogen-bond donors (Lipinski definition) is 0. The monoisotopic (exact) mass is 435 g/mol. The van der Waals surface area contributed by atoms with Gasteiger partial charge in [0.05, 0.1) is 20.5 Å². The Hall–Kier alpha value is -3.21. The summed E-state index contributed by atoms with van der Waals surface area (Å²) in [7, 11) is 3.31. The number of amides is 1. The molecule has 5 nitrogen and oxygen atoms in total. The number of carbonyl (C=O) groups excluding carboxylic acids is 1. The molecule has 1 heterocycles. The van der Waals surface area contributed by atoms with Crippen molar-refractivity contribution < 1.29 is 18.7 Å². The lowest BCUT2D eigenvalue weighted by Crippen LogP contribution is -2.31. The maximum Gasteiger partial charge on any atom is 0.246 e. The molecule has 0 spiro atoms. The Bertz CT molecular complexity index is 1120. The van der Waals surface area contributed by atoms with E-state index in [1.54, 1.807) is 26.6 Å². The third-order valence-electron chi connectivity index (χ3n) is 5.71. The summed E-state index contributed by atoms with van der Waals surface area (Å²) in [4.78, 5) is 14.9. The fourth-order valence-corrected chi connectivity index (χ4v) is 4.17. The highest BCUT2D eigenvalue weighted by Crippen LogP contribution is 2.42. The van der Waals surface area contributed by atoms with Crippen LogP contribution in [0.1, 0.15) is 44.7 Å². The predicted molar refractivity (Wildman–Crippen MR) is 130 cm³/mol. The summed E-state index contributed by atoms with van der Waals surface area (Å²) in [6, 6.07) is 9.93. The van der Waals surface area contributed by atoms with E-state index in [4.69, 9.17) is 13.9 Å². The Labute approximate surface area is 190 Å². The van der Waals surface area contributed by atoms with Crippen molar-refractivity contribution in [1.82, 2.24) is 4.90 Å². The van der Waals surface area contributed by atoms with Gasteiger partial charge in [0.15, 0.2) is 0 Å². The molecule has 0 saturated heterocycles. The van der Waals surface area contributed by atoms with E-state index in [1.165, 1.54) is 0 Å². The predicted octanol–water partition coefficient (Wildman–Crippen LogP) is 6.48. The zero-order valence-electron chi connectivity index (χ0n) is 20.0. The van der Waals surface area contributed by atoms with Gasteiger partial charge in [-0.2, -0.15) is 0 Å². The molecule has 0 saturated carbocycles. The Morgan fingerprint density at radius 3 is 2.38 bits per heavy atom. The minimum Gasteiger partial charge on any atom is -0.496 e. The lowest BCUT2D eigenvalue weighted by molar-refractivity contribution is -0.126. The lowest BCUT2D eigenvalue weighted by atomic mass is 9.96. The largest absolute Gasteiger partial charge is 0.496 e. The van der Waals surface area contributed by atoms with E-state index in [0.717, 1.165) is 76.2 Å². The summed E-state index contributed by atoms with van der Waals surface area (Å²) in [5.41, 5.74) is 5.32. The van der Waals surface area contributed by atoms with Gasteiger partial charge in [-0.15, -0.1) is 0 Å². The Morgan fingerprint density at radius 2 is 1.75 bits per heavy atom. The van der Waals surface area contributed by atoms with Crippen molar-refractivity contribution in [3.63, 3.8) is 0 Å². The van der Waals surface area contributed by atoms with Gasteiger partial charge in [0, 0.05) is 46.8 Å². The first-order chi connectivity index (χ1) is 15.5. The average molecular weight is 436 g/mol. The smallest absolute Gasteiger partial charge is 0.246 e. The molecule has 2 aromatic carbocycles. The molecule has 5 heteroatoms. The number of fused-ring (bicyclic) bond motifs is 1. The minimum atomic E-state index is 0.0307. The second kappa shape index (κ2) is 10.4. The van der Waals surface area contributed by atoms with Crippen LogP contribution in [0.2, 0.25) is 0 Å². The molecule has 3 rings (SSSR count). The molecule has 0 unspecified atom stereocenters. The quantitative estimate of drug-likeness (QED) is 0.361. The molecule has 0 bridgehead atoms. The number of allylic oxidation sites excluding steroid dienone is 1. The first-order valence-electron chi connectivity index (χ1n) is 11.2. The van der Waals surface area contributed by atoms with Gasteiger partial charge in [-0.1, -0.05) is 32.0 Å². The minimum absolute atomic E-state index is 0.0307. The van der Waals surface area contributed by atoms with Crippen molar-refractivity contribution in [2.45, 2.75) is 40.5 Å². The highest BCUT2D eigenvalue weighted by Gasteiger charge is 2.20. The first kappa shape index (κ1) is 23.5. The van der Waals surface area contributed by atoms with Crippen LogP contribution in [0.5, 0.6) is 11.5 Å². The fraction of sp³-hybridized carbons (Fsp3) is 0.370.